The van der Waals surface area contributed by atoms with Crippen LogP contribution >= 0.6 is 0 Å². The molecule has 1 atom stereocenters. The van der Waals surface area contributed by atoms with Crippen LogP contribution in [0.25, 0.3) is 0 Å². The molecule has 2 aromatic rings. The molecule has 1 aromatic heterocycles. The summed E-state index contributed by atoms with van der Waals surface area (Å²) in [5.41, 5.74) is 5.34. The smallest absolute Gasteiger partial charge is 0.330 e. The van der Waals surface area contributed by atoms with Gasteiger partial charge in [-0.15, -0.1) is 0 Å². The molecule has 9 nitrogen and oxygen atoms in total. The highest BCUT2D eigenvalue weighted by atomic mass is 16.5. The number of aromatic amines is 1. The van der Waals surface area contributed by atoms with Crippen molar-refractivity contribution in [3.05, 3.63) is 50.7 Å². The van der Waals surface area contributed by atoms with E-state index in [1.807, 2.05) is 19.9 Å². The highest BCUT2D eigenvalue weighted by Gasteiger charge is 2.28. The first-order chi connectivity index (χ1) is 14.8. The Morgan fingerprint density at radius 1 is 1.23 bits per heavy atom. The van der Waals surface area contributed by atoms with Crippen LogP contribution in [0.15, 0.2) is 33.9 Å². The van der Waals surface area contributed by atoms with E-state index in [-0.39, 0.29) is 18.1 Å². The number of H-pyrrole nitrogens is 1. The van der Waals surface area contributed by atoms with E-state index >= 15 is 0 Å². The van der Waals surface area contributed by atoms with Crippen LogP contribution in [0.5, 0.6) is 5.75 Å². The summed E-state index contributed by atoms with van der Waals surface area (Å²) in [6.07, 6.45) is 2.06. The average Bonchev–Trinajstić information content (AvgIpc) is 2.75. The van der Waals surface area contributed by atoms with E-state index in [1.165, 1.54) is 9.47 Å². The highest BCUT2D eigenvalue weighted by Crippen LogP contribution is 2.21. The Kier molecular flexibility index (Phi) is 8.43. The predicted molar refractivity (Wildman–Crippen MR) is 119 cm³/mol. The first-order valence-electron chi connectivity index (χ1n) is 10.4. The van der Waals surface area contributed by atoms with E-state index in [0.29, 0.717) is 30.7 Å². The molecule has 3 N–H and O–H groups in total. The number of nitrogens with zero attached hydrogens (tertiary/aromatic N) is 3. The molecule has 1 aromatic carbocycles. The minimum Gasteiger partial charge on any atom is -0.481 e. The summed E-state index contributed by atoms with van der Waals surface area (Å²) in [5.74, 6) is -0.0574. The molecule has 1 unspecified atom stereocenters. The third kappa shape index (κ3) is 5.75. The normalized spacial score (nSPS) is 11.5. The second-order valence-corrected chi connectivity index (χ2v) is 7.24. The summed E-state index contributed by atoms with van der Waals surface area (Å²) in [6.45, 7) is 6.13. The van der Waals surface area contributed by atoms with Crippen molar-refractivity contribution >= 4 is 17.4 Å². The number of unbranched alkanes of at least 4 members (excludes halogenated alkanes) is 2. The third-order valence-corrected chi connectivity index (χ3v) is 4.86. The van der Waals surface area contributed by atoms with Crippen molar-refractivity contribution < 1.29 is 9.53 Å². The van der Waals surface area contributed by atoms with Crippen molar-refractivity contribution in [1.29, 1.82) is 5.26 Å². The molecule has 0 bridgehead atoms. The number of nitrogens with one attached hydrogen (secondary N) is 1. The fourth-order valence-electron chi connectivity index (χ4n) is 3.11. The highest BCUT2D eigenvalue weighted by molar-refractivity contribution is 5.98. The molecular weight excluding hydrogens is 398 g/mol. The third-order valence-electron chi connectivity index (χ3n) is 4.86. The van der Waals surface area contributed by atoms with Crippen LogP contribution in [0.4, 0.5) is 11.5 Å². The van der Waals surface area contributed by atoms with Crippen molar-refractivity contribution in [3.8, 4) is 11.8 Å². The quantitative estimate of drug-likeness (QED) is 0.598. The van der Waals surface area contributed by atoms with Gasteiger partial charge in [-0.25, -0.2) is 4.79 Å². The molecule has 0 fully saturated rings. The predicted octanol–water partition coefficient (Wildman–Crippen LogP) is 2.39. The van der Waals surface area contributed by atoms with E-state index in [9.17, 15) is 14.4 Å². The van der Waals surface area contributed by atoms with E-state index in [0.717, 1.165) is 12.8 Å². The summed E-state index contributed by atoms with van der Waals surface area (Å²) in [5, 5.41) is 8.91. The van der Waals surface area contributed by atoms with Crippen LogP contribution in [0.1, 0.15) is 52.0 Å². The molecule has 0 saturated heterocycles. The van der Waals surface area contributed by atoms with E-state index in [4.69, 9.17) is 15.7 Å². The van der Waals surface area contributed by atoms with Gasteiger partial charge in [0.15, 0.2) is 11.8 Å². The number of nitrogen functional groups attached to an aromatic ring is 1. The number of anilines is 2. The van der Waals surface area contributed by atoms with Gasteiger partial charge in [0, 0.05) is 13.1 Å². The number of carbonyl (C=O) groups excluding carboxylic acids is 1. The van der Waals surface area contributed by atoms with Crippen LogP contribution in [-0.2, 0) is 11.3 Å². The van der Waals surface area contributed by atoms with Gasteiger partial charge < -0.3 is 15.4 Å². The van der Waals surface area contributed by atoms with Gasteiger partial charge in [0.1, 0.15) is 11.6 Å². The Labute approximate surface area is 181 Å². The zero-order chi connectivity index (χ0) is 23.0. The van der Waals surface area contributed by atoms with Gasteiger partial charge in [0.2, 0.25) is 0 Å². The van der Waals surface area contributed by atoms with E-state index in [2.05, 4.69) is 4.98 Å². The van der Waals surface area contributed by atoms with Crippen molar-refractivity contribution in [2.24, 2.45) is 0 Å². The minimum atomic E-state index is -0.917. The number of benzene rings is 1. The molecule has 166 valence electrons. The van der Waals surface area contributed by atoms with Gasteiger partial charge in [0.25, 0.3) is 11.5 Å². The van der Waals surface area contributed by atoms with Crippen molar-refractivity contribution in [2.75, 3.05) is 17.2 Å². The van der Waals surface area contributed by atoms with Crippen LogP contribution in [-0.4, -0.2) is 28.1 Å². The molecule has 2 rings (SSSR count). The summed E-state index contributed by atoms with van der Waals surface area (Å²) >= 11 is 0. The number of rotatable bonds is 10. The zero-order valence-electron chi connectivity index (χ0n) is 18.2. The molecule has 0 aliphatic carbocycles. The maximum Gasteiger partial charge on any atom is 0.330 e. The van der Waals surface area contributed by atoms with Gasteiger partial charge >= 0.3 is 5.69 Å². The number of aromatic nitrogens is 2. The molecule has 0 radical (unpaired) electrons. The summed E-state index contributed by atoms with van der Waals surface area (Å²) < 4.78 is 7.02. The van der Waals surface area contributed by atoms with Crippen LogP contribution in [0, 0.1) is 11.3 Å². The molecule has 0 saturated carbocycles. The van der Waals surface area contributed by atoms with Crippen molar-refractivity contribution in [1.82, 2.24) is 9.55 Å². The lowest BCUT2D eigenvalue weighted by atomic mass is 10.2. The molecule has 1 amide bonds. The summed E-state index contributed by atoms with van der Waals surface area (Å²) in [4.78, 5) is 41.7. The topological polar surface area (TPSA) is 134 Å². The fourth-order valence-corrected chi connectivity index (χ4v) is 3.11. The lowest BCUT2D eigenvalue weighted by Crippen LogP contribution is -2.46. The van der Waals surface area contributed by atoms with Gasteiger partial charge in [-0.2, -0.15) is 5.26 Å². The number of nitriles is 1. The van der Waals surface area contributed by atoms with Gasteiger partial charge in [0.05, 0.1) is 11.6 Å². The largest absolute Gasteiger partial charge is 0.481 e. The molecular formula is C22H29N5O4. The van der Waals surface area contributed by atoms with Crippen LogP contribution in [0.2, 0.25) is 0 Å². The van der Waals surface area contributed by atoms with Gasteiger partial charge in [-0.05, 0) is 44.0 Å². The first kappa shape index (κ1) is 23.7. The Morgan fingerprint density at radius 2 is 1.87 bits per heavy atom. The SMILES string of the molecule is CCCCN(C(=O)C(C)Oc1ccc(C#N)cc1)c1c(N)n(CCCC)c(=O)[nH]c1=O. The van der Waals surface area contributed by atoms with E-state index < -0.39 is 23.3 Å². The Bertz CT molecular complexity index is 1050. The number of hydrogen-bond donors (Lipinski definition) is 2. The number of ether oxygens (including phenoxy) is 1. The molecule has 9 heteroatoms. The van der Waals surface area contributed by atoms with Crippen LogP contribution < -0.4 is 26.6 Å². The molecule has 0 aliphatic rings. The van der Waals surface area contributed by atoms with Crippen LogP contribution in [0.3, 0.4) is 0 Å². The molecule has 31 heavy (non-hydrogen) atoms. The minimum absolute atomic E-state index is 0.0303. The molecule has 1 heterocycles. The lowest BCUT2D eigenvalue weighted by Gasteiger charge is -2.27. The first-order valence-corrected chi connectivity index (χ1v) is 10.4. The monoisotopic (exact) mass is 427 g/mol. The number of hydrogen-bond acceptors (Lipinski definition) is 6. The van der Waals surface area contributed by atoms with Crippen molar-refractivity contribution in [3.63, 3.8) is 0 Å². The maximum atomic E-state index is 13.2. The average molecular weight is 428 g/mol. The molecule has 0 spiro atoms. The second-order valence-electron chi connectivity index (χ2n) is 7.24. The van der Waals surface area contributed by atoms with Gasteiger partial charge in [-0.3, -0.25) is 19.1 Å². The summed E-state index contributed by atoms with van der Waals surface area (Å²) in [7, 11) is 0. The molecule has 0 aliphatic heterocycles. The number of amides is 1. The summed E-state index contributed by atoms with van der Waals surface area (Å²) in [6, 6.07) is 8.41. The lowest BCUT2D eigenvalue weighted by molar-refractivity contribution is -0.124. The van der Waals surface area contributed by atoms with Crippen molar-refractivity contribution in [2.45, 2.75) is 59.1 Å². The Balaban J connectivity index is 2.39. The number of nitrogens with two attached hydrogens (primary N) is 1. The second kappa shape index (κ2) is 11.0. The zero-order valence-corrected chi connectivity index (χ0v) is 18.2. The van der Waals surface area contributed by atoms with Gasteiger partial charge in [-0.1, -0.05) is 26.7 Å². The Morgan fingerprint density at radius 3 is 2.45 bits per heavy atom. The number of carbonyl (C=O) groups is 1. The maximum absolute atomic E-state index is 13.2. The fraction of sp³-hybridized carbons (Fsp3) is 0.455. The van der Waals surface area contributed by atoms with E-state index in [1.54, 1.807) is 31.2 Å². The standard InChI is InChI=1S/C22H29N5O4/c1-4-6-12-26(18-19(24)27(13-7-5-2)22(30)25-20(18)28)21(29)15(3)31-17-10-8-16(14-23)9-11-17/h8-11,15H,4-7,12-13,24H2,1-3H3,(H,25,28,30). The Hall–Kier alpha value is -3.54.